The van der Waals surface area contributed by atoms with Gasteiger partial charge in [-0.05, 0) is 24.3 Å². The predicted molar refractivity (Wildman–Crippen MR) is 83.0 cm³/mol. The van der Waals surface area contributed by atoms with Gasteiger partial charge in [-0.2, -0.15) is 0 Å². The van der Waals surface area contributed by atoms with Crippen molar-refractivity contribution in [2.45, 2.75) is 6.54 Å². The summed E-state index contributed by atoms with van der Waals surface area (Å²) in [5, 5.41) is 0. The Morgan fingerprint density at radius 2 is 1.57 bits per heavy atom. The molecule has 2 N–H and O–H groups in total. The maximum absolute atomic E-state index is 13.8. The van der Waals surface area contributed by atoms with Gasteiger partial charge in [0, 0.05) is 38.9 Å². The van der Waals surface area contributed by atoms with Crippen LogP contribution in [-0.4, -0.2) is 31.2 Å². The van der Waals surface area contributed by atoms with Gasteiger partial charge >= 0.3 is 0 Å². The number of aromatic nitrogens is 1. The average molecular weight is 286 g/mol. The summed E-state index contributed by atoms with van der Waals surface area (Å²) in [4.78, 5) is 8.68. The van der Waals surface area contributed by atoms with Crippen LogP contribution in [0.5, 0.6) is 0 Å². The molecular weight excluding hydrogens is 267 g/mol. The maximum atomic E-state index is 13.8. The molecule has 0 saturated carbocycles. The third-order valence-corrected chi connectivity index (χ3v) is 3.87. The van der Waals surface area contributed by atoms with E-state index in [4.69, 9.17) is 5.73 Å². The van der Waals surface area contributed by atoms with Crippen molar-refractivity contribution < 1.29 is 4.39 Å². The van der Waals surface area contributed by atoms with Gasteiger partial charge in [-0.1, -0.05) is 12.1 Å². The molecule has 3 rings (SSSR count). The van der Waals surface area contributed by atoms with Crippen LogP contribution in [0.25, 0.3) is 0 Å². The van der Waals surface area contributed by atoms with E-state index in [1.54, 1.807) is 12.3 Å². The molecular formula is C16H19FN4. The SMILES string of the molecule is NCc1ncccc1N1CCN(c2ccccc2F)CC1. The zero-order valence-corrected chi connectivity index (χ0v) is 11.9. The summed E-state index contributed by atoms with van der Waals surface area (Å²) in [5.41, 5.74) is 8.43. The van der Waals surface area contributed by atoms with Gasteiger partial charge in [0.05, 0.1) is 17.1 Å². The van der Waals surface area contributed by atoms with E-state index < -0.39 is 0 Å². The summed E-state index contributed by atoms with van der Waals surface area (Å²) in [6.07, 6.45) is 1.77. The fourth-order valence-electron chi connectivity index (χ4n) is 2.77. The molecule has 1 aliphatic heterocycles. The maximum Gasteiger partial charge on any atom is 0.146 e. The van der Waals surface area contributed by atoms with E-state index >= 15 is 0 Å². The number of para-hydroxylation sites is 1. The predicted octanol–water partition coefficient (Wildman–Crippen LogP) is 2.01. The summed E-state index contributed by atoms with van der Waals surface area (Å²) >= 11 is 0. The highest BCUT2D eigenvalue weighted by Crippen LogP contribution is 2.24. The van der Waals surface area contributed by atoms with Gasteiger partial charge in [-0.3, -0.25) is 4.98 Å². The molecule has 110 valence electrons. The minimum Gasteiger partial charge on any atom is -0.366 e. The first-order valence-corrected chi connectivity index (χ1v) is 7.18. The van der Waals surface area contributed by atoms with Crippen molar-refractivity contribution in [3.63, 3.8) is 0 Å². The lowest BCUT2D eigenvalue weighted by Gasteiger charge is -2.37. The third-order valence-electron chi connectivity index (χ3n) is 3.87. The zero-order chi connectivity index (χ0) is 14.7. The van der Waals surface area contributed by atoms with Crippen molar-refractivity contribution in [3.05, 3.63) is 54.1 Å². The number of anilines is 2. The summed E-state index contributed by atoms with van der Waals surface area (Å²) in [6, 6.07) is 10.9. The van der Waals surface area contributed by atoms with Gasteiger partial charge < -0.3 is 15.5 Å². The fraction of sp³-hybridized carbons (Fsp3) is 0.312. The molecule has 1 aromatic heterocycles. The number of benzene rings is 1. The monoisotopic (exact) mass is 286 g/mol. The lowest BCUT2D eigenvalue weighted by Crippen LogP contribution is -2.47. The number of hydrogen-bond acceptors (Lipinski definition) is 4. The molecule has 0 unspecified atom stereocenters. The van der Waals surface area contributed by atoms with Gasteiger partial charge in [0.1, 0.15) is 5.82 Å². The molecule has 0 spiro atoms. The Balaban J connectivity index is 1.72. The van der Waals surface area contributed by atoms with Crippen LogP contribution >= 0.6 is 0 Å². The lowest BCUT2D eigenvalue weighted by molar-refractivity contribution is 0.597. The topological polar surface area (TPSA) is 45.4 Å². The van der Waals surface area contributed by atoms with Crippen LogP contribution in [0.1, 0.15) is 5.69 Å². The fourth-order valence-corrected chi connectivity index (χ4v) is 2.77. The molecule has 1 aliphatic rings. The van der Waals surface area contributed by atoms with Gasteiger partial charge in [-0.15, -0.1) is 0 Å². The molecule has 0 bridgehead atoms. The van der Waals surface area contributed by atoms with E-state index in [0.29, 0.717) is 12.2 Å². The van der Waals surface area contributed by atoms with Crippen LogP contribution in [0, 0.1) is 5.82 Å². The Bertz CT molecular complexity index is 609. The van der Waals surface area contributed by atoms with Crippen LogP contribution in [0.4, 0.5) is 15.8 Å². The number of nitrogens with zero attached hydrogens (tertiary/aromatic N) is 3. The van der Waals surface area contributed by atoms with Crippen molar-refractivity contribution in [2.75, 3.05) is 36.0 Å². The first kappa shape index (κ1) is 13.8. The summed E-state index contributed by atoms with van der Waals surface area (Å²) in [6.45, 7) is 3.70. The normalized spacial score (nSPS) is 15.3. The molecule has 1 fully saturated rings. The van der Waals surface area contributed by atoms with Crippen LogP contribution in [0.2, 0.25) is 0 Å². The first-order chi connectivity index (χ1) is 10.3. The molecule has 1 aromatic carbocycles. The Morgan fingerprint density at radius 3 is 2.24 bits per heavy atom. The second-order valence-corrected chi connectivity index (χ2v) is 5.10. The first-order valence-electron chi connectivity index (χ1n) is 7.18. The lowest BCUT2D eigenvalue weighted by atomic mass is 10.2. The van der Waals surface area contributed by atoms with E-state index in [-0.39, 0.29) is 5.82 Å². The highest BCUT2D eigenvalue weighted by molar-refractivity contribution is 5.54. The number of nitrogens with two attached hydrogens (primary N) is 1. The molecule has 0 amide bonds. The molecule has 1 saturated heterocycles. The second kappa shape index (κ2) is 6.10. The van der Waals surface area contributed by atoms with Crippen LogP contribution in [-0.2, 0) is 6.54 Å². The van der Waals surface area contributed by atoms with Crippen LogP contribution in [0.15, 0.2) is 42.6 Å². The van der Waals surface area contributed by atoms with Gasteiger partial charge in [0.25, 0.3) is 0 Å². The number of piperazine rings is 1. The highest BCUT2D eigenvalue weighted by atomic mass is 19.1. The molecule has 0 atom stereocenters. The molecule has 2 aromatic rings. The number of rotatable bonds is 3. The molecule has 5 heteroatoms. The van der Waals surface area contributed by atoms with Crippen LogP contribution in [0.3, 0.4) is 0 Å². The summed E-state index contributed by atoms with van der Waals surface area (Å²) in [7, 11) is 0. The highest BCUT2D eigenvalue weighted by Gasteiger charge is 2.20. The minimum absolute atomic E-state index is 0.157. The van der Waals surface area contributed by atoms with E-state index in [2.05, 4.69) is 14.8 Å². The molecule has 2 heterocycles. The van der Waals surface area contributed by atoms with Crippen molar-refractivity contribution in [1.29, 1.82) is 0 Å². The minimum atomic E-state index is -0.157. The molecule has 21 heavy (non-hydrogen) atoms. The summed E-state index contributed by atoms with van der Waals surface area (Å²) < 4.78 is 13.8. The Labute approximate surface area is 124 Å². The number of pyridine rings is 1. The number of hydrogen-bond donors (Lipinski definition) is 1. The standard InChI is InChI=1S/C16H19FN4/c17-13-4-1-2-5-15(13)20-8-10-21(11-9-20)16-6-3-7-19-14(16)12-18/h1-7H,8-12,18H2. The Morgan fingerprint density at radius 1 is 0.952 bits per heavy atom. The largest absolute Gasteiger partial charge is 0.366 e. The third kappa shape index (κ3) is 2.83. The van der Waals surface area contributed by atoms with E-state index in [0.717, 1.165) is 37.6 Å². The zero-order valence-electron chi connectivity index (χ0n) is 11.9. The van der Waals surface area contributed by atoms with Crippen molar-refractivity contribution in [1.82, 2.24) is 4.98 Å². The van der Waals surface area contributed by atoms with Gasteiger partial charge in [0.2, 0.25) is 0 Å². The second-order valence-electron chi connectivity index (χ2n) is 5.10. The Hall–Kier alpha value is -2.14. The van der Waals surface area contributed by atoms with Crippen molar-refractivity contribution in [3.8, 4) is 0 Å². The van der Waals surface area contributed by atoms with E-state index in [1.165, 1.54) is 6.07 Å². The average Bonchev–Trinajstić information content (AvgIpc) is 2.55. The molecule has 0 radical (unpaired) electrons. The van der Waals surface area contributed by atoms with E-state index in [1.807, 2.05) is 24.3 Å². The smallest absolute Gasteiger partial charge is 0.146 e. The molecule has 4 nitrogen and oxygen atoms in total. The van der Waals surface area contributed by atoms with Crippen molar-refractivity contribution in [2.24, 2.45) is 5.73 Å². The summed E-state index contributed by atoms with van der Waals surface area (Å²) in [5.74, 6) is -0.157. The molecule has 0 aliphatic carbocycles. The Kier molecular flexibility index (Phi) is 4.01. The van der Waals surface area contributed by atoms with Crippen molar-refractivity contribution >= 4 is 11.4 Å². The van der Waals surface area contributed by atoms with E-state index in [9.17, 15) is 4.39 Å². The number of halogens is 1. The van der Waals surface area contributed by atoms with Crippen LogP contribution < -0.4 is 15.5 Å². The quantitative estimate of drug-likeness (QED) is 0.937. The van der Waals surface area contributed by atoms with Gasteiger partial charge in [-0.25, -0.2) is 4.39 Å². The van der Waals surface area contributed by atoms with Gasteiger partial charge in [0.15, 0.2) is 0 Å².